The lowest BCUT2D eigenvalue weighted by atomic mass is 10.0. The monoisotopic (exact) mass is 538 g/mol. The Bertz CT molecular complexity index is 1420. The van der Waals surface area contributed by atoms with Gasteiger partial charge >= 0.3 is 5.69 Å². The van der Waals surface area contributed by atoms with E-state index in [4.69, 9.17) is 0 Å². The number of piperazine rings is 1. The molecular formula is C32H38N6O2. The number of nitrogens with one attached hydrogen (secondary N) is 1. The summed E-state index contributed by atoms with van der Waals surface area (Å²) in [5, 5.41) is 7.42. The van der Waals surface area contributed by atoms with Crippen molar-refractivity contribution in [3.8, 4) is 5.69 Å². The molecule has 1 N–H and O–H groups in total. The zero-order valence-corrected chi connectivity index (χ0v) is 23.3. The second kappa shape index (κ2) is 12.8. The van der Waals surface area contributed by atoms with Gasteiger partial charge in [-0.3, -0.25) is 9.69 Å². The van der Waals surface area contributed by atoms with Crippen molar-refractivity contribution < 1.29 is 4.79 Å². The summed E-state index contributed by atoms with van der Waals surface area (Å²) in [4.78, 5) is 30.7. The highest BCUT2D eigenvalue weighted by atomic mass is 16.2. The quantitative estimate of drug-likeness (QED) is 0.306. The Morgan fingerprint density at radius 2 is 1.48 bits per heavy atom. The van der Waals surface area contributed by atoms with Crippen molar-refractivity contribution in [1.29, 1.82) is 0 Å². The maximum absolute atomic E-state index is 13.4. The fourth-order valence-electron chi connectivity index (χ4n) is 5.32. The van der Waals surface area contributed by atoms with Crippen LogP contribution in [0.4, 0.5) is 5.69 Å². The maximum atomic E-state index is 13.4. The molecule has 1 saturated heterocycles. The van der Waals surface area contributed by atoms with E-state index in [1.807, 2.05) is 62.4 Å². The molecule has 1 fully saturated rings. The maximum Gasteiger partial charge on any atom is 0.350 e. The average Bonchev–Trinajstić information content (AvgIpc) is 3.38. The number of hydrogen-bond donors (Lipinski definition) is 1. The molecule has 1 unspecified atom stereocenters. The number of benzene rings is 3. The third-order valence-electron chi connectivity index (χ3n) is 7.50. The number of hydrogen-bond acceptors (Lipinski definition) is 5. The standard InChI is InChI=1S/C32H38N6O2/c1-25(2)38-32(40)37(24-34-38)29-17-15-28(16-18-29)35-20-22-36(23-21-35)30(27-13-7-4-8-14-27)31(39)33-19-9-12-26-10-5-3-6-11-26/h3-8,10-11,13-18,24-25,30H,9,12,19-23H2,1-2H3,(H,33,39). The van der Waals surface area contributed by atoms with Crippen LogP contribution in [-0.2, 0) is 11.2 Å². The summed E-state index contributed by atoms with van der Waals surface area (Å²) in [5.74, 6) is 0.0597. The molecule has 1 aliphatic heterocycles. The lowest BCUT2D eigenvalue weighted by Gasteiger charge is -2.39. The van der Waals surface area contributed by atoms with Crippen molar-refractivity contribution in [1.82, 2.24) is 24.6 Å². The van der Waals surface area contributed by atoms with Crippen LogP contribution in [0.15, 0.2) is 96.1 Å². The summed E-state index contributed by atoms with van der Waals surface area (Å²) in [6.07, 6.45) is 3.43. The summed E-state index contributed by atoms with van der Waals surface area (Å²) >= 11 is 0. The number of rotatable bonds is 10. The van der Waals surface area contributed by atoms with E-state index >= 15 is 0 Å². The van der Waals surface area contributed by atoms with Crippen molar-refractivity contribution in [2.24, 2.45) is 0 Å². The van der Waals surface area contributed by atoms with E-state index in [2.05, 4.69) is 56.6 Å². The molecule has 1 amide bonds. The number of amides is 1. The molecule has 1 aliphatic rings. The Hall–Kier alpha value is -4.17. The van der Waals surface area contributed by atoms with Gasteiger partial charge < -0.3 is 10.2 Å². The molecule has 0 saturated carbocycles. The Balaban J connectivity index is 1.20. The van der Waals surface area contributed by atoms with Gasteiger partial charge in [-0.2, -0.15) is 5.10 Å². The van der Waals surface area contributed by atoms with Gasteiger partial charge in [-0.1, -0.05) is 60.7 Å². The summed E-state index contributed by atoms with van der Waals surface area (Å²) in [6, 6.07) is 28.2. The molecule has 0 spiro atoms. The van der Waals surface area contributed by atoms with Crippen LogP contribution in [0.25, 0.3) is 5.69 Å². The summed E-state index contributed by atoms with van der Waals surface area (Å²) in [5.41, 5.74) is 4.08. The predicted octanol–water partition coefficient (Wildman–Crippen LogP) is 4.23. The first-order valence-corrected chi connectivity index (χ1v) is 14.1. The second-order valence-electron chi connectivity index (χ2n) is 10.6. The van der Waals surface area contributed by atoms with Crippen molar-refractivity contribution >= 4 is 11.6 Å². The fraction of sp³-hybridized carbons (Fsp3) is 0.344. The van der Waals surface area contributed by atoms with Crippen LogP contribution in [0, 0.1) is 0 Å². The largest absolute Gasteiger partial charge is 0.369 e. The van der Waals surface area contributed by atoms with Crippen LogP contribution in [0.3, 0.4) is 0 Å². The van der Waals surface area contributed by atoms with Crippen LogP contribution < -0.4 is 15.9 Å². The molecule has 208 valence electrons. The molecule has 1 atom stereocenters. The molecule has 0 radical (unpaired) electrons. The normalized spacial score (nSPS) is 14.8. The Labute approximate surface area is 235 Å². The van der Waals surface area contributed by atoms with Gasteiger partial charge in [0.15, 0.2) is 0 Å². The number of aryl methyl sites for hydroxylation is 1. The Morgan fingerprint density at radius 1 is 0.850 bits per heavy atom. The van der Waals surface area contributed by atoms with E-state index in [1.165, 1.54) is 10.2 Å². The van der Waals surface area contributed by atoms with Crippen molar-refractivity contribution in [2.45, 2.75) is 38.8 Å². The minimum Gasteiger partial charge on any atom is -0.369 e. The van der Waals surface area contributed by atoms with E-state index < -0.39 is 0 Å². The highest BCUT2D eigenvalue weighted by Crippen LogP contribution is 2.25. The molecule has 2 heterocycles. The second-order valence-corrected chi connectivity index (χ2v) is 10.6. The molecule has 4 aromatic rings. The van der Waals surface area contributed by atoms with E-state index in [1.54, 1.807) is 10.9 Å². The topological polar surface area (TPSA) is 75.4 Å². The minimum absolute atomic E-state index is 0.0143. The van der Waals surface area contributed by atoms with Gasteiger partial charge in [0.2, 0.25) is 5.91 Å². The van der Waals surface area contributed by atoms with Crippen LogP contribution in [0.5, 0.6) is 0 Å². The van der Waals surface area contributed by atoms with E-state index in [0.717, 1.165) is 56.0 Å². The number of anilines is 1. The zero-order chi connectivity index (χ0) is 27.9. The highest BCUT2D eigenvalue weighted by molar-refractivity contribution is 5.83. The predicted molar refractivity (Wildman–Crippen MR) is 159 cm³/mol. The first kappa shape index (κ1) is 27.4. The molecular weight excluding hydrogens is 500 g/mol. The van der Waals surface area contributed by atoms with Crippen LogP contribution >= 0.6 is 0 Å². The van der Waals surface area contributed by atoms with E-state index in [-0.39, 0.29) is 23.7 Å². The summed E-state index contributed by atoms with van der Waals surface area (Å²) < 4.78 is 3.06. The van der Waals surface area contributed by atoms with E-state index in [9.17, 15) is 9.59 Å². The third kappa shape index (κ3) is 6.34. The lowest BCUT2D eigenvalue weighted by Crippen LogP contribution is -2.51. The third-order valence-corrected chi connectivity index (χ3v) is 7.50. The molecule has 1 aromatic heterocycles. The fourth-order valence-corrected chi connectivity index (χ4v) is 5.32. The lowest BCUT2D eigenvalue weighted by molar-refractivity contribution is -0.126. The van der Waals surface area contributed by atoms with Crippen LogP contribution in [0.2, 0.25) is 0 Å². The van der Waals surface area contributed by atoms with Crippen molar-refractivity contribution in [3.05, 3.63) is 113 Å². The first-order chi connectivity index (χ1) is 19.5. The van der Waals surface area contributed by atoms with Crippen molar-refractivity contribution in [2.75, 3.05) is 37.6 Å². The van der Waals surface area contributed by atoms with Gasteiger partial charge in [-0.15, -0.1) is 0 Å². The molecule has 40 heavy (non-hydrogen) atoms. The molecule has 8 nitrogen and oxygen atoms in total. The van der Waals surface area contributed by atoms with E-state index in [0.29, 0.717) is 6.54 Å². The molecule has 5 rings (SSSR count). The summed E-state index contributed by atoms with van der Waals surface area (Å²) in [7, 11) is 0. The van der Waals surface area contributed by atoms with Crippen LogP contribution in [0.1, 0.15) is 43.5 Å². The van der Waals surface area contributed by atoms with Gasteiger partial charge in [0.1, 0.15) is 12.4 Å². The SMILES string of the molecule is CC(C)n1ncn(-c2ccc(N3CCN(C(C(=O)NCCCc4ccccc4)c4ccccc4)CC3)cc2)c1=O. The van der Waals surface area contributed by atoms with Crippen molar-refractivity contribution in [3.63, 3.8) is 0 Å². The summed E-state index contributed by atoms with van der Waals surface area (Å²) in [6.45, 7) is 7.73. The number of carbonyl (C=O) groups excluding carboxylic acids is 1. The van der Waals surface area contributed by atoms with Crippen LogP contribution in [-0.4, -0.2) is 57.9 Å². The smallest absolute Gasteiger partial charge is 0.350 e. The van der Waals surface area contributed by atoms with Gasteiger partial charge in [0.05, 0.1) is 11.7 Å². The van der Waals surface area contributed by atoms with Gasteiger partial charge in [0, 0.05) is 38.4 Å². The molecule has 0 bridgehead atoms. The first-order valence-electron chi connectivity index (χ1n) is 14.1. The molecule has 8 heteroatoms. The Morgan fingerprint density at radius 3 is 2.10 bits per heavy atom. The number of carbonyl (C=O) groups is 1. The van der Waals surface area contributed by atoms with Gasteiger partial charge in [0.25, 0.3) is 0 Å². The number of aromatic nitrogens is 3. The number of nitrogens with zero attached hydrogens (tertiary/aromatic N) is 5. The minimum atomic E-state index is -0.313. The van der Waals surface area contributed by atoms with Gasteiger partial charge in [-0.05, 0) is 62.1 Å². The average molecular weight is 539 g/mol. The van der Waals surface area contributed by atoms with Gasteiger partial charge in [-0.25, -0.2) is 14.0 Å². The molecule has 3 aromatic carbocycles. The highest BCUT2D eigenvalue weighted by Gasteiger charge is 2.30. The zero-order valence-electron chi connectivity index (χ0n) is 23.3. The molecule has 0 aliphatic carbocycles. The Kier molecular flexibility index (Phi) is 8.76.